The molecule has 3 amide bonds. The number of fused-ring (bicyclic) bond motifs is 1. The maximum Gasteiger partial charge on any atom is 0.253 e. The first kappa shape index (κ1) is 35.0. The highest BCUT2D eigenvalue weighted by atomic mass is 79.9. The van der Waals surface area contributed by atoms with Gasteiger partial charge in [0.25, 0.3) is 5.91 Å². The zero-order valence-electron chi connectivity index (χ0n) is 29.8. The summed E-state index contributed by atoms with van der Waals surface area (Å²) < 4.78 is 8.74. The number of carbonyl (C=O) groups is 3. The summed E-state index contributed by atoms with van der Waals surface area (Å²) in [5.41, 5.74) is 5.74. The lowest BCUT2D eigenvalue weighted by Gasteiger charge is -2.39. The number of rotatable bonds is 8. The van der Waals surface area contributed by atoms with Crippen molar-refractivity contribution in [2.24, 2.45) is 13.0 Å². The van der Waals surface area contributed by atoms with Crippen LogP contribution in [0, 0.1) is 12.8 Å². The van der Waals surface area contributed by atoms with Gasteiger partial charge in [-0.25, -0.2) is 9.97 Å². The van der Waals surface area contributed by atoms with E-state index < -0.39 is 0 Å². The number of ether oxygens (including phenoxy) is 1. The molecule has 0 bridgehead atoms. The van der Waals surface area contributed by atoms with Crippen molar-refractivity contribution in [3.63, 3.8) is 0 Å². The Labute approximate surface area is 315 Å². The predicted molar refractivity (Wildman–Crippen MR) is 204 cm³/mol. The van der Waals surface area contributed by atoms with Crippen molar-refractivity contribution in [1.82, 2.24) is 39.8 Å². The molecule has 3 aliphatic rings. The Hall–Kier alpha value is -5.08. The van der Waals surface area contributed by atoms with Crippen LogP contribution in [0.5, 0.6) is 11.5 Å². The van der Waals surface area contributed by atoms with Crippen molar-refractivity contribution < 1.29 is 19.1 Å². The van der Waals surface area contributed by atoms with E-state index in [2.05, 4.69) is 63.2 Å². The third-order valence-electron chi connectivity index (χ3n) is 10.7. The average molecular weight is 781 g/mol. The van der Waals surface area contributed by atoms with E-state index in [0.717, 1.165) is 62.4 Å². The maximum atomic E-state index is 13.5. The van der Waals surface area contributed by atoms with Gasteiger partial charge in [0.1, 0.15) is 17.1 Å². The maximum absolute atomic E-state index is 13.5. The summed E-state index contributed by atoms with van der Waals surface area (Å²) >= 11 is 3.58. The third kappa shape index (κ3) is 7.42. The summed E-state index contributed by atoms with van der Waals surface area (Å²) in [6.45, 7) is 8.13. The number of hydrogen-bond donors (Lipinski definition) is 2. The zero-order valence-corrected chi connectivity index (χ0v) is 31.4. The Morgan fingerprint density at radius 3 is 2.38 bits per heavy atom. The zero-order chi connectivity index (χ0) is 36.6. The number of aromatic amines is 1. The highest BCUT2D eigenvalue weighted by Gasteiger charge is 2.29. The molecule has 13 nitrogen and oxygen atoms in total. The van der Waals surface area contributed by atoms with Gasteiger partial charge in [0.05, 0.1) is 21.6 Å². The SMILES string of the molecule is Cc1nn(C)cc1-c1nc2ncc(Br)c(Oc3ccc(C(=O)N4CCN(CC5CCN(c6ccc([C@H]7CCC(=O)NC7=O)cc6)CC5)CC4)cc3)c2[nH]1. The minimum absolute atomic E-state index is 0.0330. The molecule has 0 spiro atoms. The molecule has 3 aliphatic heterocycles. The standard InChI is InChI=1S/C39H42BrN9O4/c1-24-31(23-46(2)45-24)36-43-34-35(32(40)21-41-37(34)44-36)53-29-9-5-27(6-10-29)39(52)49-19-17-47(18-20-49)22-25-13-15-48(16-14-25)28-7-3-26(4-8-28)30-11-12-33(50)42-38(30)51/h3-10,21,23,25,30H,11-20,22H2,1-2H3,(H,41,43,44)(H,42,50,51)/t30-/m1/s1. The molecule has 3 aromatic heterocycles. The van der Waals surface area contributed by atoms with Crippen LogP contribution >= 0.6 is 15.9 Å². The number of pyridine rings is 1. The van der Waals surface area contributed by atoms with Gasteiger partial charge < -0.3 is 19.5 Å². The lowest BCUT2D eigenvalue weighted by Crippen LogP contribution is -2.50. The molecule has 14 heteroatoms. The summed E-state index contributed by atoms with van der Waals surface area (Å²) in [6.07, 6.45) is 6.79. The summed E-state index contributed by atoms with van der Waals surface area (Å²) in [6, 6.07) is 15.6. The molecule has 6 heterocycles. The second kappa shape index (κ2) is 14.7. The monoisotopic (exact) mass is 779 g/mol. The van der Waals surface area contributed by atoms with Gasteiger partial charge in [-0.1, -0.05) is 12.1 Å². The minimum Gasteiger partial charge on any atom is -0.454 e. The fraction of sp³-hybridized carbons (Fsp3) is 0.385. The Morgan fingerprint density at radius 1 is 0.962 bits per heavy atom. The number of benzene rings is 2. The molecule has 8 rings (SSSR count). The molecule has 2 aromatic carbocycles. The number of imide groups is 1. The number of aromatic nitrogens is 5. The number of piperazine rings is 1. The van der Waals surface area contributed by atoms with E-state index in [9.17, 15) is 14.4 Å². The molecule has 1 atom stereocenters. The summed E-state index contributed by atoms with van der Waals surface area (Å²) in [5.74, 6) is 1.86. The van der Waals surface area contributed by atoms with Gasteiger partial charge in [0.2, 0.25) is 11.8 Å². The van der Waals surface area contributed by atoms with Crippen LogP contribution in [0.3, 0.4) is 0 Å². The lowest BCUT2D eigenvalue weighted by molar-refractivity contribution is -0.134. The molecule has 3 fully saturated rings. The van der Waals surface area contributed by atoms with E-state index in [0.29, 0.717) is 70.4 Å². The molecule has 53 heavy (non-hydrogen) atoms. The van der Waals surface area contributed by atoms with Crippen molar-refractivity contribution in [2.75, 3.05) is 50.7 Å². The van der Waals surface area contributed by atoms with E-state index in [1.54, 1.807) is 10.9 Å². The highest BCUT2D eigenvalue weighted by molar-refractivity contribution is 9.10. The lowest BCUT2D eigenvalue weighted by atomic mass is 9.90. The molecule has 3 saturated heterocycles. The van der Waals surface area contributed by atoms with Crippen LogP contribution in [0.2, 0.25) is 0 Å². The predicted octanol–water partition coefficient (Wildman–Crippen LogP) is 5.42. The Bertz CT molecular complexity index is 2150. The molecule has 274 valence electrons. The summed E-state index contributed by atoms with van der Waals surface area (Å²) in [4.78, 5) is 56.6. The molecular weight excluding hydrogens is 738 g/mol. The number of imidazole rings is 1. The fourth-order valence-corrected chi connectivity index (χ4v) is 8.12. The number of H-pyrrole nitrogens is 1. The number of piperidine rings is 2. The smallest absolute Gasteiger partial charge is 0.253 e. The van der Waals surface area contributed by atoms with Crippen molar-refractivity contribution in [1.29, 1.82) is 0 Å². The fourth-order valence-electron chi connectivity index (χ4n) is 7.74. The number of halogens is 1. The topological polar surface area (TPSA) is 142 Å². The first-order valence-electron chi connectivity index (χ1n) is 18.2. The molecule has 0 unspecified atom stereocenters. The first-order valence-corrected chi connectivity index (χ1v) is 19.0. The van der Waals surface area contributed by atoms with Crippen molar-refractivity contribution in [2.45, 2.75) is 38.5 Å². The molecule has 5 aromatic rings. The van der Waals surface area contributed by atoms with Crippen LogP contribution in [-0.2, 0) is 16.6 Å². The Kier molecular flexibility index (Phi) is 9.73. The van der Waals surface area contributed by atoms with E-state index in [4.69, 9.17) is 4.74 Å². The van der Waals surface area contributed by atoms with Crippen LogP contribution in [0.1, 0.15) is 53.2 Å². The minimum atomic E-state index is -0.253. The quantitative estimate of drug-likeness (QED) is 0.198. The van der Waals surface area contributed by atoms with E-state index >= 15 is 0 Å². The molecule has 0 radical (unpaired) electrons. The van der Waals surface area contributed by atoms with Gasteiger partial charge in [-0.3, -0.25) is 29.3 Å². The highest BCUT2D eigenvalue weighted by Crippen LogP contribution is 2.37. The van der Waals surface area contributed by atoms with Crippen LogP contribution in [0.25, 0.3) is 22.6 Å². The third-order valence-corrected chi connectivity index (χ3v) is 11.3. The Balaban J connectivity index is 0.812. The van der Waals surface area contributed by atoms with Crippen LogP contribution < -0.4 is 15.0 Å². The summed E-state index contributed by atoms with van der Waals surface area (Å²) in [7, 11) is 1.88. The molecule has 0 saturated carbocycles. The van der Waals surface area contributed by atoms with Crippen LogP contribution in [0.15, 0.2) is 65.4 Å². The number of nitrogens with one attached hydrogen (secondary N) is 2. The van der Waals surface area contributed by atoms with Crippen molar-refractivity contribution in [3.8, 4) is 22.9 Å². The second-order valence-electron chi connectivity index (χ2n) is 14.3. The van der Waals surface area contributed by atoms with E-state index in [1.807, 2.05) is 61.5 Å². The van der Waals surface area contributed by atoms with Gasteiger partial charge in [0.15, 0.2) is 11.4 Å². The number of carbonyl (C=O) groups excluding carboxylic acids is 3. The average Bonchev–Trinajstić information content (AvgIpc) is 3.75. The number of anilines is 1. The second-order valence-corrected chi connectivity index (χ2v) is 15.1. The number of nitrogens with zero attached hydrogens (tertiary/aromatic N) is 7. The molecular formula is C39H42BrN9O4. The van der Waals surface area contributed by atoms with Gasteiger partial charge >= 0.3 is 0 Å². The van der Waals surface area contributed by atoms with Gasteiger partial charge in [-0.15, -0.1) is 0 Å². The van der Waals surface area contributed by atoms with Gasteiger partial charge in [-0.2, -0.15) is 5.10 Å². The van der Waals surface area contributed by atoms with E-state index in [1.165, 1.54) is 5.69 Å². The largest absolute Gasteiger partial charge is 0.454 e. The Morgan fingerprint density at radius 2 is 1.70 bits per heavy atom. The van der Waals surface area contributed by atoms with Gasteiger partial charge in [-0.05, 0) is 90.0 Å². The number of amides is 3. The van der Waals surface area contributed by atoms with Crippen molar-refractivity contribution in [3.05, 3.63) is 82.2 Å². The van der Waals surface area contributed by atoms with Crippen LogP contribution in [0.4, 0.5) is 5.69 Å². The molecule has 0 aliphatic carbocycles. The summed E-state index contributed by atoms with van der Waals surface area (Å²) in [5, 5.41) is 6.88. The van der Waals surface area contributed by atoms with E-state index in [-0.39, 0.29) is 23.6 Å². The first-order chi connectivity index (χ1) is 25.7. The van der Waals surface area contributed by atoms with Crippen LogP contribution in [-0.4, -0.2) is 98.1 Å². The van der Waals surface area contributed by atoms with Gasteiger partial charge in [0, 0.05) is 82.9 Å². The number of aryl methyl sites for hydroxylation is 2. The number of hydrogen-bond acceptors (Lipinski definition) is 9. The molecule has 2 N–H and O–H groups in total. The normalized spacial score (nSPS) is 18.8. The van der Waals surface area contributed by atoms with Crippen molar-refractivity contribution >= 4 is 50.5 Å².